The number of likely N-dealkylation sites (tertiary alicyclic amines) is 1. The summed E-state index contributed by atoms with van der Waals surface area (Å²) in [4.78, 5) is 29.5. The Kier molecular flexibility index (Phi) is 3.37. The summed E-state index contributed by atoms with van der Waals surface area (Å²) in [5.74, 6) is 0.139. The topological polar surface area (TPSA) is 71.5 Å². The van der Waals surface area contributed by atoms with Gasteiger partial charge < -0.3 is 15.0 Å². The van der Waals surface area contributed by atoms with Crippen LogP contribution in [0.25, 0.3) is 0 Å². The minimum absolute atomic E-state index is 0.0314. The minimum Gasteiger partial charge on any atom is -0.463 e. The van der Waals surface area contributed by atoms with E-state index < -0.39 is 5.41 Å². The van der Waals surface area contributed by atoms with Gasteiger partial charge in [0.05, 0.1) is 18.5 Å². The Labute approximate surface area is 121 Å². The zero-order valence-corrected chi connectivity index (χ0v) is 12.1. The van der Waals surface area contributed by atoms with Gasteiger partial charge in [0, 0.05) is 24.5 Å². The van der Waals surface area contributed by atoms with Crippen molar-refractivity contribution in [1.82, 2.24) is 15.2 Å². The Bertz CT molecular complexity index is 501. The zero-order valence-electron chi connectivity index (χ0n) is 11.3. The van der Waals surface area contributed by atoms with E-state index in [9.17, 15) is 9.59 Å². The highest BCUT2D eigenvalue weighted by Gasteiger charge is 2.44. The summed E-state index contributed by atoms with van der Waals surface area (Å²) >= 11 is 1.45. The average Bonchev–Trinajstić information content (AvgIpc) is 2.89. The highest BCUT2D eigenvalue weighted by molar-refractivity contribution is 7.11. The van der Waals surface area contributed by atoms with E-state index in [4.69, 9.17) is 4.74 Å². The summed E-state index contributed by atoms with van der Waals surface area (Å²) in [5, 5.41) is 5.29. The van der Waals surface area contributed by atoms with Crippen LogP contribution in [-0.2, 0) is 9.59 Å². The average molecular weight is 295 g/mol. The predicted octanol–water partition coefficient (Wildman–Crippen LogP) is 0.649. The first-order valence-corrected chi connectivity index (χ1v) is 7.57. The first kappa shape index (κ1) is 13.4. The molecule has 0 saturated carbocycles. The Morgan fingerprint density at radius 1 is 1.60 bits per heavy atom. The molecule has 2 fully saturated rings. The lowest BCUT2D eigenvalue weighted by Crippen LogP contribution is -2.61. The van der Waals surface area contributed by atoms with E-state index >= 15 is 0 Å². The molecule has 2 saturated heterocycles. The van der Waals surface area contributed by atoms with E-state index in [2.05, 4.69) is 10.3 Å². The molecule has 1 unspecified atom stereocenters. The molecule has 6 nitrogen and oxygen atoms in total. The number of hydrogen-bond donors (Lipinski definition) is 1. The molecule has 1 aromatic heterocycles. The van der Waals surface area contributed by atoms with E-state index in [1.165, 1.54) is 11.3 Å². The minimum atomic E-state index is -0.472. The summed E-state index contributed by atoms with van der Waals surface area (Å²) in [7, 11) is 0. The molecule has 2 aliphatic rings. The summed E-state index contributed by atoms with van der Waals surface area (Å²) < 4.78 is 5.65. The van der Waals surface area contributed by atoms with Crippen molar-refractivity contribution in [1.29, 1.82) is 0 Å². The standard InChI is InChI=1S/C13H17N3O3S/c1-13(3-2-10(17)15-8-13)11(18)16-6-9(7-16)19-12-14-4-5-20-12/h4-5,9H,2-3,6-8H2,1H3,(H,15,17). The lowest BCUT2D eigenvalue weighted by Gasteiger charge is -2.44. The molecule has 3 rings (SSSR count). The van der Waals surface area contributed by atoms with Crippen LogP contribution in [0.4, 0.5) is 0 Å². The van der Waals surface area contributed by atoms with Gasteiger partial charge in [-0.1, -0.05) is 11.3 Å². The third kappa shape index (κ3) is 2.49. The SMILES string of the molecule is CC1(C(=O)N2CC(Oc3nccs3)C2)CCC(=O)NC1. The van der Waals surface area contributed by atoms with Crippen molar-refractivity contribution < 1.29 is 14.3 Å². The molecule has 2 amide bonds. The van der Waals surface area contributed by atoms with Gasteiger partial charge in [-0.3, -0.25) is 9.59 Å². The summed E-state index contributed by atoms with van der Waals surface area (Å²) in [5.41, 5.74) is -0.472. The highest BCUT2D eigenvalue weighted by Crippen LogP contribution is 2.31. The van der Waals surface area contributed by atoms with Crippen LogP contribution in [0.5, 0.6) is 5.19 Å². The lowest BCUT2D eigenvalue weighted by atomic mass is 9.80. The molecule has 3 heterocycles. The van der Waals surface area contributed by atoms with Crippen LogP contribution in [0.1, 0.15) is 19.8 Å². The molecule has 108 valence electrons. The van der Waals surface area contributed by atoms with Crippen molar-refractivity contribution in [3.05, 3.63) is 11.6 Å². The van der Waals surface area contributed by atoms with E-state index in [-0.39, 0.29) is 17.9 Å². The van der Waals surface area contributed by atoms with Crippen molar-refractivity contribution in [2.75, 3.05) is 19.6 Å². The summed E-state index contributed by atoms with van der Waals surface area (Å²) in [6, 6.07) is 0. The van der Waals surface area contributed by atoms with Gasteiger partial charge in [0.2, 0.25) is 11.8 Å². The maximum absolute atomic E-state index is 12.5. The molecule has 0 bridgehead atoms. The van der Waals surface area contributed by atoms with Crippen LogP contribution in [0.3, 0.4) is 0 Å². The fraction of sp³-hybridized carbons (Fsp3) is 0.615. The van der Waals surface area contributed by atoms with Crippen molar-refractivity contribution in [3.8, 4) is 5.19 Å². The molecule has 1 N–H and O–H groups in total. The normalized spacial score (nSPS) is 26.9. The number of thiazole rings is 1. The monoisotopic (exact) mass is 295 g/mol. The maximum Gasteiger partial charge on any atom is 0.273 e. The molecule has 1 atom stereocenters. The Morgan fingerprint density at radius 3 is 3.00 bits per heavy atom. The molecular weight excluding hydrogens is 278 g/mol. The molecule has 7 heteroatoms. The molecule has 0 aliphatic carbocycles. The van der Waals surface area contributed by atoms with E-state index in [0.717, 1.165) is 0 Å². The zero-order chi connectivity index (χ0) is 14.2. The first-order valence-electron chi connectivity index (χ1n) is 6.69. The van der Waals surface area contributed by atoms with Gasteiger partial charge in [0.15, 0.2) is 0 Å². The Hall–Kier alpha value is -1.63. The van der Waals surface area contributed by atoms with Crippen molar-refractivity contribution in [2.45, 2.75) is 25.9 Å². The number of hydrogen-bond acceptors (Lipinski definition) is 5. The quantitative estimate of drug-likeness (QED) is 0.889. The number of nitrogens with one attached hydrogen (secondary N) is 1. The van der Waals surface area contributed by atoms with Gasteiger partial charge in [-0.2, -0.15) is 0 Å². The van der Waals surface area contributed by atoms with Gasteiger partial charge in [-0.25, -0.2) is 4.98 Å². The largest absolute Gasteiger partial charge is 0.463 e. The Balaban J connectivity index is 1.51. The number of aromatic nitrogens is 1. The van der Waals surface area contributed by atoms with Crippen molar-refractivity contribution in [2.24, 2.45) is 5.41 Å². The molecule has 1 aromatic rings. The number of nitrogens with zero attached hydrogens (tertiary/aromatic N) is 2. The van der Waals surface area contributed by atoms with Crippen LogP contribution < -0.4 is 10.1 Å². The van der Waals surface area contributed by atoms with Crippen LogP contribution in [0.2, 0.25) is 0 Å². The van der Waals surface area contributed by atoms with Gasteiger partial charge in [0.1, 0.15) is 6.10 Å². The number of amides is 2. The number of carbonyl (C=O) groups is 2. The lowest BCUT2D eigenvalue weighted by molar-refractivity contribution is -0.152. The second kappa shape index (κ2) is 5.05. The molecule has 0 radical (unpaired) electrons. The summed E-state index contributed by atoms with van der Waals surface area (Å²) in [6.45, 7) is 3.55. The van der Waals surface area contributed by atoms with E-state index in [0.29, 0.717) is 37.7 Å². The van der Waals surface area contributed by atoms with Crippen molar-refractivity contribution >= 4 is 23.2 Å². The highest BCUT2D eigenvalue weighted by atomic mass is 32.1. The summed E-state index contributed by atoms with van der Waals surface area (Å²) in [6.07, 6.45) is 2.78. The van der Waals surface area contributed by atoms with Crippen LogP contribution in [-0.4, -0.2) is 47.4 Å². The van der Waals surface area contributed by atoms with Gasteiger partial charge >= 0.3 is 0 Å². The van der Waals surface area contributed by atoms with Gasteiger partial charge in [-0.15, -0.1) is 0 Å². The molecule has 0 spiro atoms. The Morgan fingerprint density at radius 2 is 2.40 bits per heavy atom. The van der Waals surface area contributed by atoms with Crippen molar-refractivity contribution in [3.63, 3.8) is 0 Å². The van der Waals surface area contributed by atoms with Crippen LogP contribution >= 0.6 is 11.3 Å². The van der Waals surface area contributed by atoms with Gasteiger partial charge in [-0.05, 0) is 13.3 Å². The van der Waals surface area contributed by atoms with E-state index in [1.54, 1.807) is 11.1 Å². The second-order valence-corrected chi connectivity index (χ2v) is 6.44. The van der Waals surface area contributed by atoms with Gasteiger partial charge in [0.25, 0.3) is 5.19 Å². The fourth-order valence-electron chi connectivity index (χ4n) is 2.51. The third-order valence-electron chi connectivity index (χ3n) is 3.91. The van der Waals surface area contributed by atoms with E-state index in [1.807, 2.05) is 12.3 Å². The maximum atomic E-state index is 12.5. The molecular formula is C13H17N3O3S. The number of piperidine rings is 1. The van der Waals surface area contributed by atoms with Crippen LogP contribution in [0.15, 0.2) is 11.6 Å². The predicted molar refractivity (Wildman–Crippen MR) is 73.5 cm³/mol. The molecule has 0 aromatic carbocycles. The third-order valence-corrected chi connectivity index (χ3v) is 4.57. The smallest absolute Gasteiger partial charge is 0.273 e. The second-order valence-electron chi connectivity index (χ2n) is 5.59. The van der Waals surface area contributed by atoms with Crippen LogP contribution in [0, 0.1) is 5.41 Å². The molecule has 20 heavy (non-hydrogen) atoms. The number of ether oxygens (including phenoxy) is 1. The number of rotatable bonds is 3. The number of carbonyl (C=O) groups excluding carboxylic acids is 2. The molecule has 2 aliphatic heterocycles. The fourth-order valence-corrected chi connectivity index (χ4v) is 3.07. The first-order chi connectivity index (χ1) is 9.57.